The van der Waals surface area contributed by atoms with Crippen LogP contribution in [-0.2, 0) is 9.53 Å². The number of ether oxygens (including phenoxy) is 1. The zero-order chi connectivity index (χ0) is 10.4. The molecule has 78 valence electrons. The number of esters is 1. The van der Waals surface area contributed by atoms with Crippen LogP contribution in [0.15, 0.2) is 0 Å². The Kier molecular flexibility index (Phi) is 4.41. The number of nitrogens with zero attached hydrogens (tertiary/aromatic N) is 2. The molecule has 0 aliphatic carbocycles. The van der Waals surface area contributed by atoms with Gasteiger partial charge in [-0.05, 0) is 26.3 Å². The van der Waals surface area contributed by atoms with E-state index in [2.05, 4.69) is 6.07 Å². The van der Waals surface area contributed by atoms with Crippen LogP contribution in [0.25, 0.3) is 0 Å². The lowest BCUT2D eigenvalue weighted by Gasteiger charge is -2.29. The molecule has 0 aromatic rings. The normalized spacial score (nSPS) is 22.7. The first-order chi connectivity index (χ1) is 6.77. The van der Waals surface area contributed by atoms with E-state index in [9.17, 15) is 4.79 Å². The van der Waals surface area contributed by atoms with Gasteiger partial charge in [-0.2, -0.15) is 5.26 Å². The molecular weight excluding hydrogens is 180 g/mol. The van der Waals surface area contributed by atoms with Gasteiger partial charge in [0.05, 0.1) is 25.1 Å². The zero-order valence-electron chi connectivity index (χ0n) is 8.53. The highest BCUT2D eigenvalue weighted by molar-refractivity contribution is 5.72. The SMILES string of the molecule is CCOC(=O)[C@H]1CCCN(CC#N)C1. The van der Waals surface area contributed by atoms with Gasteiger partial charge >= 0.3 is 5.97 Å². The number of hydrogen-bond acceptors (Lipinski definition) is 4. The minimum Gasteiger partial charge on any atom is -0.466 e. The summed E-state index contributed by atoms with van der Waals surface area (Å²) >= 11 is 0. The topological polar surface area (TPSA) is 53.3 Å². The fourth-order valence-electron chi connectivity index (χ4n) is 1.75. The Balaban J connectivity index is 2.40. The molecule has 0 unspecified atom stereocenters. The minimum absolute atomic E-state index is 0.0305. The summed E-state index contributed by atoms with van der Waals surface area (Å²) in [5, 5.41) is 8.54. The van der Waals surface area contributed by atoms with Crippen molar-refractivity contribution in [2.75, 3.05) is 26.2 Å². The number of nitriles is 1. The Labute approximate surface area is 84.4 Å². The highest BCUT2D eigenvalue weighted by Gasteiger charge is 2.26. The lowest BCUT2D eigenvalue weighted by Crippen LogP contribution is -2.39. The Hall–Kier alpha value is -1.08. The molecule has 4 heteroatoms. The van der Waals surface area contributed by atoms with Crippen LogP contribution in [0, 0.1) is 17.2 Å². The molecule has 1 aliphatic heterocycles. The van der Waals surface area contributed by atoms with E-state index in [1.54, 1.807) is 0 Å². The van der Waals surface area contributed by atoms with Crippen molar-refractivity contribution in [3.8, 4) is 6.07 Å². The van der Waals surface area contributed by atoms with E-state index in [1.165, 1.54) is 0 Å². The van der Waals surface area contributed by atoms with E-state index in [-0.39, 0.29) is 11.9 Å². The van der Waals surface area contributed by atoms with Gasteiger partial charge in [-0.1, -0.05) is 0 Å². The van der Waals surface area contributed by atoms with E-state index in [0.29, 0.717) is 19.7 Å². The molecule has 0 amide bonds. The molecule has 1 saturated heterocycles. The maximum Gasteiger partial charge on any atom is 0.310 e. The second kappa shape index (κ2) is 5.61. The summed E-state index contributed by atoms with van der Waals surface area (Å²) in [4.78, 5) is 13.4. The van der Waals surface area contributed by atoms with Crippen LogP contribution in [0.1, 0.15) is 19.8 Å². The van der Waals surface area contributed by atoms with E-state index < -0.39 is 0 Å². The Morgan fingerprint density at radius 2 is 2.50 bits per heavy atom. The van der Waals surface area contributed by atoms with Crippen molar-refractivity contribution in [2.24, 2.45) is 5.92 Å². The third-order valence-corrected chi connectivity index (χ3v) is 2.42. The summed E-state index contributed by atoms with van der Waals surface area (Å²) in [5.41, 5.74) is 0. The Morgan fingerprint density at radius 1 is 1.71 bits per heavy atom. The van der Waals surface area contributed by atoms with Gasteiger partial charge in [-0.25, -0.2) is 0 Å². The number of piperidine rings is 1. The molecule has 1 rings (SSSR count). The fourth-order valence-corrected chi connectivity index (χ4v) is 1.75. The van der Waals surface area contributed by atoms with E-state index in [1.807, 2.05) is 11.8 Å². The van der Waals surface area contributed by atoms with Crippen LogP contribution in [0.5, 0.6) is 0 Å². The van der Waals surface area contributed by atoms with Crippen LogP contribution in [0.4, 0.5) is 0 Å². The lowest BCUT2D eigenvalue weighted by molar-refractivity contribution is -0.149. The molecule has 14 heavy (non-hydrogen) atoms. The number of hydrogen-bond donors (Lipinski definition) is 0. The largest absolute Gasteiger partial charge is 0.466 e. The van der Waals surface area contributed by atoms with Crippen LogP contribution in [0.3, 0.4) is 0 Å². The second-order valence-corrected chi connectivity index (χ2v) is 3.48. The van der Waals surface area contributed by atoms with E-state index in [0.717, 1.165) is 19.4 Å². The summed E-state index contributed by atoms with van der Waals surface area (Å²) in [7, 11) is 0. The predicted molar refractivity (Wildman–Crippen MR) is 51.4 cm³/mol. The molecule has 1 fully saturated rings. The summed E-state index contributed by atoms with van der Waals surface area (Å²) in [6.45, 7) is 4.26. The molecule has 0 N–H and O–H groups in total. The molecule has 1 heterocycles. The number of carbonyl (C=O) groups is 1. The summed E-state index contributed by atoms with van der Waals surface area (Å²) in [5.74, 6) is -0.146. The van der Waals surface area contributed by atoms with Crippen molar-refractivity contribution < 1.29 is 9.53 Å². The van der Waals surface area contributed by atoms with Crippen molar-refractivity contribution in [3.63, 3.8) is 0 Å². The van der Waals surface area contributed by atoms with Crippen LogP contribution in [-0.4, -0.2) is 37.1 Å². The van der Waals surface area contributed by atoms with Gasteiger partial charge in [0.15, 0.2) is 0 Å². The zero-order valence-corrected chi connectivity index (χ0v) is 8.53. The summed E-state index contributed by atoms with van der Waals surface area (Å²) in [6, 6.07) is 2.10. The van der Waals surface area contributed by atoms with Crippen molar-refractivity contribution in [2.45, 2.75) is 19.8 Å². The molecule has 1 atom stereocenters. The number of likely N-dealkylation sites (tertiary alicyclic amines) is 1. The van der Waals surface area contributed by atoms with E-state index >= 15 is 0 Å². The average Bonchev–Trinajstić information content (AvgIpc) is 2.19. The summed E-state index contributed by atoms with van der Waals surface area (Å²) < 4.78 is 4.96. The first kappa shape index (κ1) is 11.0. The molecule has 4 nitrogen and oxygen atoms in total. The first-order valence-corrected chi connectivity index (χ1v) is 5.04. The van der Waals surface area contributed by atoms with Crippen molar-refractivity contribution in [1.29, 1.82) is 5.26 Å². The maximum absolute atomic E-state index is 11.4. The molecular formula is C10H16N2O2. The smallest absolute Gasteiger partial charge is 0.310 e. The lowest BCUT2D eigenvalue weighted by atomic mass is 9.98. The molecule has 0 aromatic heterocycles. The van der Waals surface area contributed by atoms with Crippen molar-refractivity contribution in [1.82, 2.24) is 4.90 Å². The van der Waals surface area contributed by atoms with Crippen LogP contribution >= 0.6 is 0 Å². The molecule has 0 radical (unpaired) electrons. The molecule has 1 aliphatic rings. The third kappa shape index (κ3) is 3.00. The van der Waals surface area contributed by atoms with Gasteiger partial charge in [0.25, 0.3) is 0 Å². The highest BCUT2D eigenvalue weighted by atomic mass is 16.5. The Bertz CT molecular complexity index is 235. The van der Waals surface area contributed by atoms with Crippen molar-refractivity contribution >= 4 is 5.97 Å². The minimum atomic E-state index is -0.116. The average molecular weight is 196 g/mol. The van der Waals surface area contributed by atoms with Gasteiger partial charge in [0.1, 0.15) is 0 Å². The molecule has 0 saturated carbocycles. The highest BCUT2D eigenvalue weighted by Crippen LogP contribution is 2.17. The number of rotatable bonds is 3. The second-order valence-electron chi connectivity index (χ2n) is 3.48. The number of carbonyl (C=O) groups excluding carboxylic acids is 1. The van der Waals surface area contributed by atoms with Gasteiger partial charge in [-0.3, -0.25) is 9.69 Å². The molecule has 0 aromatic carbocycles. The maximum atomic E-state index is 11.4. The van der Waals surface area contributed by atoms with Gasteiger partial charge < -0.3 is 4.74 Å². The summed E-state index contributed by atoms with van der Waals surface area (Å²) in [6.07, 6.45) is 1.87. The van der Waals surface area contributed by atoms with Crippen LogP contribution in [0.2, 0.25) is 0 Å². The molecule has 0 spiro atoms. The van der Waals surface area contributed by atoms with Crippen LogP contribution < -0.4 is 0 Å². The third-order valence-electron chi connectivity index (χ3n) is 2.42. The van der Waals surface area contributed by atoms with Crippen molar-refractivity contribution in [3.05, 3.63) is 0 Å². The quantitative estimate of drug-likeness (QED) is 0.494. The van der Waals surface area contributed by atoms with Gasteiger partial charge in [-0.15, -0.1) is 0 Å². The van der Waals surface area contributed by atoms with E-state index in [4.69, 9.17) is 10.00 Å². The standard InChI is InChI=1S/C10H16N2O2/c1-2-14-10(13)9-4-3-6-12(8-9)7-5-11/h9H,2-4,6-8H2,1H3/t9-/m0/s1. The fraction of sp³-hybridized carbons (Fsp3) is 0.800. The molecule has 0 bridgehead atoms. The first-order valence-electron chi connectivity index (χ1n) is 5.04. The van der Waals surface area contributed by atoms with Gasteiger partial charge in [0, 0.05) is 6.54 Å². The predicted octanol–water partition coefficient (Wildman–Crippen LogP) is 0.785. The Morgan fingerprint density at radius 3 is 3.14 bits per heavy atom. The monoisotopic (exact) mass is 196 g/mol. The van der Waals surface area contributed by atoms with Gasteiger partial charge in [0.2, 0.25) is 0 Å².